The molecule has 0 aliphatic heterocycles. The zero-order chi connectivity index (χ0) is 10.9. The molecule has 82 valence electrons. The van der Waals surface area contributed by atoms with Gasteiger partial charge in [-0.1, -0.05) is 12.1 Å². The van der Waals surface area contributed by atoms with Gasteiger partial charge in [-0.3, -0.25) is 0 Å². The fourth-order valence-electron chi connectivity index (χ4n) is 1.49. The van der Waals surface area contributed by atoms with Crippen LogP contribution in [0.25, 0.3) is 0 Å². The Hall–Kier alpha value is -0.700. The Morgan fingerprint density at radius 2 is 2.20 bits per heavy atom. The summed E-state index contributed by atoms with van der Waals surface area (Å²) in [7, 11) is 0. The lowest BCUT2D eigenvalue weighted by molar-refractivity contribution is 0.240. The third-order valence-corrected chi connectivity index (χ3v) is 3.65. The molecule has 0 heterocycles. The first kappa shape index (κ1) is 10.8. The molecular formula is C12H15FOS. The van der Waals surface area contributed by atoms with Crippen molar-refractivity contribution in [1.29, 1.82) is 0 Å². The minimum absolute atomic E-state index is 0.208. The maximum atomic E-state index is 13.6. The third kappa shape index (κ3) is 2.28. The summed E-state index contributed by atoms with van der Waals surface area (Å²) in [5.41, 5.74) is 0.836. The Balaban J connectivity index is 2.02. The number of benzene rings is 1. The average molecular weight is 226 g/mol. The van der Waals surface area contributed by atoms with Crippen molar-refractivity contribution in [2.24, 2.45) is 5.41 Å². The van der Waals surface area contributed by atoms with Gasteiger partial charge in [-0.15, -0.1) is 0 Å². The van der Waals surface area contributed by atoms with Crippen molar-refractivity contribution in [1.82, 2.24) is 0 Å². The van der Waals surface area contributed by atoms with Crippen LogP contribution in [0.4, 0.5) is 4.39 Å². The van der Waals surface area contributed by atoms with E-state index in [1.54, 1.807) is 19.1 Å². The van der Waals surface area contributed by atoms with Gasteiger partial charge in [0, 0.05) is 5.41 Å². The third-order valence-electron chi connectivity index (χ3n) is 2.98. The largest absolute Gasteiger partial charge is 0.490 e. The maximum absolute atomic E-state index is 13.6. The lowest BCUT2D eigenvalue weighted by Crippen LogP contribution is -2.15. The van der Waals surface area contributed by atoms with E-state index in [1.165, 1.54) is 0 Å². The summed E-state index contributed by atoms with van der Waals surface area (Å²) in [4.78, 5) is 0. The fourth-order valence-corrected chi connectivity index (χ4v) is 1.90. The molecule has 1 fully saturated rings. The van der Waals surface area contributed by atoms with Crippen molar-refractivity contribution in [3.05, 3.63) is 29.6 Å². The van der Waals surface area contributed by atoms with E-state index in [4.69, 9.17) is 4.74 Å². The summed E-state index contributed by atoms with van der Waals surface area (Å²) in [6, 6.07) is 5.23. The van der Waals surface area contributed by atoms with Crippen molar-refractivity contribution in [3.8, 4) is 5.75 Å². The van der Waals surface area contributed by atoms with Crippen LogP contribution in [0.15, 0.2) is 18.2 Å². The van der Waals surface area contributed by atoms with Crippen LogP contribution in [-0.2, 0) is 0 Å². The molecule has 0 bridgehead atoms. The van der Waals surface area contributed by atoms with E-state index in [2.05, 4.69) is 12.6 Å². The van der Waals surface area contributed by atoms with Crippen LogP contribution < -0.4 is 4.74 Å². The molecule has 0 unspecified atom stereocenters. The minimum atomic E-state index is -0.243. The molecule has 0 radical (unpaired) electrons. The number of thiol groups is 1. The summed E-state index contributed by atoms with van der Waals surface area (Å²) in [5, 5.41) is 0. The first-order valence-electron chi connectivity index (χ1n) is 5.16. The highest BCUT2D eigenvalue weighted by Gasteiger charge is 2.42. The summed E-state index contributed by atoms with van der Waals surface area (Å²) >= 11 is 4.28. The van der Waals surface area contributed by atoms with Gasteiger partial charge in [0.1, 0.15) is 0 Å². The van der Waals surface area contributed by atoms with E-state index in [1.807, 2.05) is 6.07 Å². The van der Waals surface area contributed by atoms with Gasteiger partial charge in [-0.2, -0.15) is 12.6 Å². The molecule has 0 aromatic heterocycles. The first-order valence-corrected chi connectivity index (χ1v) is 5.79. The quantitative estimate of drug-likeness (QED) is 0.776. The topological polar surface area (TPSA) is 9.23 Å². The Morgan fingerprint density at radius 1 is 1.47 bits per heavy atom. The Kier molecular flexibility index (Phi) is 2.91. The molecule has 0 N–H and O–H groups in total. The normalized spacial score (nSPS) is 17.5. The van der Waals surface area contributed by atoms with Gasteiger partial charge in [0.25, 0.3) is 0 Å². The second-order valence-corrected chi connectivity index (χ2v) is 4.65. The van der Waals surface area contributed by atoms with E-state index in [9.17, 15) is 4.39 Å². The molecule has 0 amide bonds. The zero-order valence-corrected chi connectivity index (χ0v) is 9.69. The van der Waals surface area contributed by atoms with Gasteiger partial charge in [0.05, 0.1) is 6.61 Å². The van der Waals surface area contributed by atoms with Crippen LogP contribution in [0.3, 0.4) is 0 Å². The van der Waals surface area contributed by atoms with Crippen LogP contribution >= 0.6 is 12.6 Å². The number of ether oxygens (including phenoxy) is 1. The van der Waals surface area contributed by atoms with Crippen LogP contribution in [0, 0.1) is 18.2 Å². The van der Waals surface area contributed by atoms with Crippen molar-refractivity contribution in [2.75, 3.05) is 12.4 Å². The van der Waals surface area contributed by atoms with Crippen molar-refractivity contribution in [2.45, 2.75) is 19.8 Å². The smallest absolute Gasteiger partial charge is 0.167 e. The first-order chi connectivity index (χ1) is 7.17. The molecule has 0 atom stereocenters. The highest BCUT2D eigenvalue weighted by atomic mass is 32.1. The molecule has 1 aromatic rings. The molecule has 0 saturated heterocycles. The van der Waals surface area contributed by atoms with E-state index < -0.39 is 0 Å². The van der Waals surface area contributed by atoms with Crippen LogP contribution in [-0.4, -0.2) is 12.4 Å². The Morgan fingerprint density at radius 3 is 2.80 bits per heavy atom. The molecule has 0 spiro atoms. The number of hydrogen-bond donors (Lipinski definition) is 1. The monoisotopic (exact) mass is 226 g/mol. The molecule has 2 rings (SSSR count). The van der Waals surface area contributed by atoms with Gasteiger partial charge in [0.2, 0.25) is 0 Å². The average Bonchev–Trinajstić information content (AvgIpc) is 3.01. The van der Waals surface area contributed by atoms with Gasteiger partial charge in [-0.05, 0) is 37.1 Å². The predicted molar refractivity (Wildman–Crippen MR) is 62.2 cm³/mol. The van der Waals surface area contributed by atoms with E-state index >= 15 is 0 Å². The lowest BCUT2D eigenvalue weighted by Gasteiger charge is -2.14. The van der Waals surface area contributed by atoms with E-state index in [0.717, 1.165) is 18.6 Å². The number of rotatable bonds is 4. The highest BCUT2D eigenvalue weighted by molar-refractivity contribution is 7.80. The molecule has 1 aromatic carbocycles. The molecular weight excluding hydrogens is 211 g/mol. The second kappa shape index (κ2) is 4.05. The predicted octanol–water partition coefficient (Wildman–Crippen LogP) is 3.22. The number of aryl methyl sites for hydroxylation is 1. The molecule has 1 saturated carbocycles. The minimum Gasteiger partial charge on any atom is -0.490 e. The summed E-state index contributed by atoms with van der Waals surface area (Å²) < 4.78 is 19.1. The van der Waals surface area contributed by atoms with Gasteiger partial charge >= 0.3 is 0 Å². The van der Waals surface area contributed by atoms with Gasteiger partial charge < -0.3 is 4.74 Å². The summed E-state index contributed by atoms with van der Waals surface area (Å²) in [6.45, 7) is 2.32. The molecule has 1 nitrogen and oxygen atoms in total. The van der Waals surface area contributed by atoms with Crippen LogP contribution in [0.2, 0.25) is 0 Å². The molecule has 1 aliphatic rings. The van der Waals surface area contributed by atoms with Crippen molar-refractivity contribution in [3.63, 3.8) is 0 Å². The number of halogens is 1. The van der Waals surface area contributed by atoms with E-state index in [0.29, 0.717) is 17.9 Å². The highest BCUT2D eigenvalue weighted by Crippen LogP contribution is 2.46. The molecule has 15 heavy (non-hydrogen) atoms. The Bertz CT molecular complexity index is 361. The standard InChI is InChI=1S/C12H15FOS/c1-9-3-2-4-10(11(9)13)14-7-12(8-15)5-6-12/h2-4,15H,5-8H2,1H3. The second-order valence-electron chi connectivity index (χ2n) is 4.33. The van der Waals surface area contributed by atoms with Gasteiger partial charge in [-0.25, -0.2) is 4.39 Å². The van der Waals surface area contributed by atoms with E-state index in [-0.39, 0.29) is 11.2 Å². The summed E-state index contributed by atoms with van der Waals surface area (Å²) in [5.74, 6) is 0.941. The summed E-state index contributed by atoms with van der Waals surface area (Å²) in [6.07, 6.45) is 2.29. The Labute approximate surface area is 95.0 Å². The van der Waals surface area contributed by atoms with Crippen molar-refractivity contribution >= 4 is 12.6 Å². The maximum Gasteiger partial charge on any atom is 0.167 e. The lowest BCUT2D eigenvalue weighted by atomic mass is 10.1. The molecule has 1 aliphatic carbocycles. The molecule has 3 heteroatoms. The zero-order valence-electron chi connectivity index (χ0n) is 8.79. The van der Waals surface area contributed by atoms with Crippen molar-refractivity contribution < 1.29 is 9.13 Å². The van der Waals surface area contributed by atoms with Gasteiger partial charge in [0.15, 0.2) is 11.6 Å². The SMILES string of the molecule is Cc1cccc(OCC2(CS)CC2)c1F. The fraction of sp³-hybridized carbons (Fsp3) is 0.500. The van der Waals surface area contributed by atoms with Crippen LogP contribution in [0.1, 0.15) is 18.4 Å². The number of hydrogen-bond acceptors (Lipinski definition) is 2. The van der Waals surface area contributed by atoms with Crippen LogP contribution in [0.5, 0.6) is 5.75 Å².